The zero-order valence-corrected chi connectivity index (χ0v) is 15.5. The van der Waals surface area contributed by atoms with Crippen LogP contribution in [0.15, 0.2) is 53.2 Å². The first kappa shape index (κ1) is 20.0. The second kappa shape index (κ2) is 8.22. The third-order valence-corrected chi connectivity index (χ3v) is 3.68. The van der Waals surface area contributed by atoms with Crippen LogP contribution in [0.25, 0.3) is 23.1 Å². The number of pyridine rings is 1. The standard InChI is InChI=1S/C18H13F3N8O2/c19-18(20,21)9-30-14-11(7-4-8-23-14)15-25-13(29-31-15)12-26-16(22)28-17(27-12)24-10-5-2-1-3-6-10/h1-8H,9H2,(H3,22,24,26,27,28). The van der Waals surface area contributed by atoms with Crippen molar-refractivity contribution in [2.75, 3.05) is 17.7 Å². The average molecular weight is 430 g/mol. The summed E-state index contributed by atoms with van der Waals surface area (Å²) >= 11 is 0. The van der Waals surface area contributed by atoms with Crippen molar-refractivity contribution in [3.8, 4) is 29.0 Å². The molecule has 4 aromatic rings. The SMILES string of the molecule is Nc1nc(Nc2ccccc2)nc(-c2noc(-c3cccnc3OCC(F)(F)F)n2)n1. The van der Waals surface area contributed by atoms with Crippen LogP contribution in [0, 0.1) is 0 Å². The molecule has 3 N–H and O–H groups in total. The lowest BCUT2D eigenvalue weighted by molar-refractivity contribution is -0.154. The molecule has 13 heteroatoms. The molecule has 0 saturated carbocycles. The molecule has 0 radical (unpaired) electrons. The van der Waals surface area contributed by atoms with Crippen LogP contribution in [0.4, 0.5) is 30.8 Å². The molecular weight excluding hydrogens is 417 g/mol. The van der Waals surface area contributed by atoms with Gasteiger partial charge in [-0.05, 0) is 24.3 Å². The van der Waals surface area contributed by atoms with E-state index in [1.807, 2.05) is 18.2 Å². The first-order valence-electron chi connectivity index (χ1n) is 8.70. The summed E-state index contributed by atoms with van der Waals surface area (Å²) in [5, 5.41) is 6.74. The smallest absolute Gasteiger partial charge is 0.422 e. The van der Waals surface area contributed by atoms with Gasteiger partial charge in [0, 0.05) is 11.9 Å². The quantitative estimate of drug-likeness (QED) is 0.469. The van der Waals surface area contributed by atoms with E-state index in [9.17, 15) is 13.2 Å². The minimum absolute atomic E-state index is 0.00239. The number of para-hydroxylation sites is 1. The Balaban J connectivity index is 1.61. The van der Waals surface area contributed by atoms with E-state index >= 15 is 0 Å². The van der Waals surface area contributed by atoms with Crippen LogP contribution in [-0.4, -0.2) is 42.9 Å². The van der Waals surface area contributed by atoms with E-state index in [1.54, 1.807) is 12.1 Å². The van der Waals surface area contributed by atoms with Gasteiger partial charge in [0.1, 0.15) is 5.56 Å². The summed E-state index contributed by atoms with van der Waals surface area (Å²) in [6, 6.07) is 12.0. The molecule has 4 rings (SSSR count). The highest BCUT2D eigenvalue weighted by Gasteiger charge is 2.29. The van der Waals surface area contributed by atoms with Crippen LogP contribution in [0.5, 0.6) is 5.88 Å². The number of nitrogen functional groups attached to an aromatic ring is 1. The first-order chi connectivity index (χ1) is 14.9. The summed E-state index contributed by atoms with van der Waals surface area (Å²) < 4.78 is 47.4. The fraction of sp³-hybridized carbons (Fsp3) is 0.111. The van der Waals surface area contributed by atoms with E-state index in [4.69, 9.17) is 15.0 Å². The molecular formula is C18H13F3N8O2. The fourth-order valence-corrected chi connectivity index (χ4v) is 2.44. The zero-order chi connectivity index (χ0) is 21.8. The molecule has 0 fully saturated rings. The number of hydrogen-bond donors (Lipinski definition) is 2. The monoisotopic (exact) mass is 430 g/mol. The Kier molecular flexibility index (Phi) is 5.30. The van der Waals surface area contributed by atoms with E-state index in [-0.39, 0.29) is 40.9 Å². The first-order valence-corrected chi connectivity index (χ1v) is 8.70. The van der Waals surface area contributed by atoms with E-state index < -0.39 is 12.8 Å². The van der Waals surface area contributed by atoms with E-state index in [2.05, 4.69) is 35.4 Å². The number of hydrogen-bond acceptors (Lipinski definition) is 10. The van der Waals surface area contributed by atoms with Crippen molar-refractivity contribution in [3.05, 3.63) is 48.7 Å². The van der Waals surface area contributed by atoms with Gasteiger partial charge in [-0.3, -0.25) is 0 Å². The molecule has 0 aliphatic heterocycles. The summed E-state index contributed by atoms with van der Waals surface area (Å²) in [6.07, 6.45) is -3.25. The summed E-state index contributed by atoms with van der Waals surface area (Å²) in [4.78, 5) is 20.1. The van der Waals surface area contributed by atoms with Crippen LogP contribution < -0.4 is 15.8 Å². The maximum Gasteiger partial charge on any atom is 0.422 e. The Morgan fingerprint density at radius 3 is 2.55 bits per heavy atom. The fourth-order valence-electron chi connectivity index (χ4n) is 2.44. The van der Waals surface area contributed by atoms with Gasteiger partial charge in [0.25, 0.3) is 5.89 Å². The molecule has 0 spiro atoms. The topological polar surface area (TPSA) is 138 Å². The van der Waals surface area contributed by atoms with Crippen molar-refractivity contribution >= 4 is 17.6 Å². The van der Waals surface area contributed by atoms with Crippen LogP contribution in [0.1, 0.15) is 0 Å². The van der Waals surface area contributed by atoms with Crippen LogP contribution in [0.3, 0.4) is 0 Å². The Bertz CT molecular complexity index is 1180. The van der Waals surface area contributed by atoms with Gasteiger partial charge in [-0.15, -0.1) is 0 Å². The molecule has 31 heavy (non-hydrogen) atoms. The second-order valence-electron chi connectivity index (χ2n) is 6.01. The number of benzene rings is 1. The van der Waals surface area contributed by atoms with Gasteiger partial charge in [0.15, 0.2) is 6.61 Å². The maximum absolute atomic E-state index is 12.5. The van der Waals surface area contributed by atoms with Gasteiger partial charge in [0.05, 0.1) is 0 Å². The lowest BCUT2D eigenvalue weighted by atomic mass is 10.2. The van der Waals surface area contributed by atoms with Crippen LogP contribution in [0.2, 0.25) is 0 Å². The van der Waals surface area contributed by atoms with Crippen molar-refractivity contribution in [2.24, 2.45) is 0 Å². The summed E-state index contributed by atoms with van der Waals surface area (Å²) in [6.45, 7) is -1.52. The number of aromatic nitrogens is 6. The molecule has 0 amide bonds. The Labute approximate surface area is 172 Å². The molecule has 0 bridgehead atoms. The molecule has 158 valence electrons. The van der Waals surface area contributed by atoms with Gasteiger partial charge in [-0.25, -0.2) is 4.98 Å². The molecule has 1 aromatic carbocycles. The van der Waals surface area contributed by atoms with Gasteiger partial charge in [0.2, 0.25) is 29.4 Å². The number of nitrogens with one attached hydrogen (secondary N) is 1. The number of nitrogens with two attached hydrogens (primary N) is 1. The second-order valence-corrected chi connectivity index (χ2v) is 6.01. The number of halogens is 3. The number of nitrogens with zero attached hydrogens (tertiary/aromatic N) is 6. The number of ether oxygens (including phenoxy) is 1. The minimum Gasteiger partial charge on any atom is -0.467 e. The largest absolute Gasteiger partial charge is 0.467 e. The summed E-state index contributed by atoms with van der Waals surface area (Å²) in [7, 11) is 0. The molecule has 3 heterocycles. The molecule has 3 aromatic heterocycles. The highest BCUT2D eigenvalue weighted by molar-refractivity contribution is 5.62. The molecule has 0 unspecified atom stereocenters. The third kappa shape index (κ3) is 5.01. The highest BCUT2D eigenvalue weighted by atomic mass is 19.4. The lowest BCUT2D eigenvalue weighted by Gasteiger charge is -2.09. The third-order valence-electron chi connectivity index (χ3n) is 3.68. The van der Waals surface area contributed by atoms with Crippen molar-refractivity contribution in [1.82, 2.24) is 30.1 Å². The Morgan fingerprint density at radius 1 is 0.968 bits per heavy atom. The van der Waals surface area contributed by atoms with Crippen LogP contribution in [-0.2, 0) is 0 Å². The molecule has 0 atom stereocenters. The average Bonchev–Trinajstić information content (AvgIpc) is 3.22. The normalized spacial score (nSPS) is 11.3. The maximum atomic E-state index is 12.5. The van der Waals surface area contributed by atoms with Crippen molar-refractivity contribution in [1.29, 1.82) is 0 Å². The molecule has 10 nitrogen and oxygen atoms in total. The number of rotatable bonds is 6. The zero-order valence-electron chi connectivity index (χ0n) is 15.5. The Hall–Kier alpha value is -4.29. The number of anilines is 3. The van der Waals surface area contributed by atoms with E-state index in [0.717, 1.165) is 5.69 Å². The van der Waals surface area contributed by atoms with Crippen LogP contribution >= 0.6 is 0 Å². The minimum atomic E-state index is -4.53. The highest BCUT2D eigenvalue weighted by Crippen LogP contribution is 2.29. The van der Waals surface area contributed by atoms with Gasteiger partial charge in [-0.1, -0.05) is 23.4 Å². The predicted octanol–water partition coefficient (Wildman–Crippen LogP) is 3.25. The van der Waals surface area contributed by atoms with E-state index in [1.165, 1.54) is 18.3 Å². The van der Waals surface area contributed by atoms with Crippen molar-refractivity contribution < 1.29 is 22.4 Å². The van der Waals surface area contributed by atoms with Gasteiger partial charge < -0.3 is 20.3 Å². The summed E-state index contributed by atoms with van der Waals surface area (Å²) in [5.74, 6) is -0.428. The van der Waals surface area contributed by atoms with Gasteiger partial charge in [-0.2, -0.15) is 33.1 Å². The molecule has 0 aliphatic rings. The van der Waals surface area contributed by atoms with Gasteiger partial charge >= 0.3 is 6.18 Å². The van der Waals surface area contributed by atoms with Crippen molar-refractivity contribution in [3.63, 3.8) is 0 Å². The van der Waals surface area contributed by atoms with Crippen molar-refractivity contribution in [2.45, 2.75) is 6.18 Å². The van der Waals surface area contributed by atoms with E-state index in [0.29, 0.717) is 0 Å². The lowest BCUT2D eigenvalue weighted by Crippen LogP contribution is -2.19. The number of alkyl halides is 3. The summed E-state index contributed by atoms with van der Waals surface area (Å²) in [5.41, 5.74) is 6.54. The molecule has 0 aliphatic carbocycles. The molecule has 0 saturated heterocycles. The predicted molar refractivity (Wildman–Crippen MR) is 102 cm³/mol. The Morgan fingerprint density at radius 2 is 1.77 bits per heavy atom.